The van der Waals surface area contributed by atoms with Crippen molar-refractivity contribution >= 4 is 5.69 Å². The number of nitrogens with one attached hydrogen (secondary N) is 1. The summed E-state index contributed by atoms with van der Waals surface area (Å²) in [6, 6.07) is 8.16. The fraction of sp³-hybridized carbons (Fsp3) is 0.231. The number of aromatic nitrogens is 2. The molecule has 0 bridgehead atoms. The van der Waals surface area contributed by atoms with Crippen molar-refractivity contribution < 1.29 is 5.11 Å². The van der Waals surface area contributed by atoms with Crippen molar-refractivity contribution in [1.29, 1.82) is 0 Å². The molecule has 0 aliphatic heterocycles. The van der Waals surface area contributed by atoms with Crippen LogP contribution in [0.3, 0.4) is 0 Å². The fourth-order valence-electron chi connectivity index (χ4n) is 1.64. The lowest BCUT2D eigenvalue weighted by molar-refractivity contribution is 0.475. The summed E-state index contributed by atoms with van der Waals surface area (Å²) >= 11 is 0. The normalized spacial score (nSPS) is 10.4. The van der Waals surface area contributed by atoms with Crippen LogP contribution < -0.4 is 16.6 Å². The maximum Gasteiger partial charge on any atom is 0.269 e. The zero-order chi connectivity index (χ0) is 13.7. The molecule has 6 nitrogen and oxygen atoms in total. The molecule has 1 aromatic heterocycles. The molecule has 0 atom stereocenters. The van der Waals surface area contributed by atoms with E-state index < -0.39 is 0 Å². The summed E-state index contributed by atoms with van der Waals surface area (Å²) in [5, 5.41) is 16.3. The average Bonchev–Trinajstić information content (AvgIpc) is 2.41. The highest BCUT2D eigenvalue weighted by Crippen LogP contribution is 2.10. The van der Waals surface area contributed by atoms with Gasteiger partial charge in [-0.05, 0) is 17.7 Å². The van der Waals surface area contributed by atoms with Gasteiger partial charge in [-0.25, -0.2) is 4.68 Å². The van der Waals surface area contributed by atoms with E-state index in [1.165, 1.54) is 10.7 Å². The molecule has 4 N–H and O–H groups in total. The van der Waals surface area contributed by atoms with Crippen molar-refractivity contribution in [3.05, 3.63) is 52.4 Å². The van der Waals surface area contributed by atoms with Crippen LogP contribution in [0.5, 0.6) is 5.75 Å². The zero-order valence-electron chi connectivity index (χ0n) is 10.4. The Bertz CT molecular complexity index is 592. The van der Waals surface area contributed by atoms with Crippen molar-refractivity contribution in [1.82, 2.24) is 9.78 Å². The number of hydrogen-bond donors (Lipinski definition) is 3. The van der Waals surface area contributed by atoms with Crippen LogP contribution in [0.15, 0.2) is 41.3 Å². The molecule has 0 aliphatic rings. The number of anilines is 1. The molecule has 1 aromatic carbocycles. The number of phenols is 1. The lowest BCUT2D eigenvalue weighted by Gasteiger charge is -2.07. The van der Waals surface area contributed by atoms with Gasteiger partial charge in [0.1, 0.15) is 5.75 Å². The molecule has 0 aliphatic carbocycles. The summed E-state index contributed by atoms with van der Waals surface area (Å²) in [7, 11) is 0. The molecule has 0 spiro atoms. The topological polar surface area (TPSA) is 93.2 Å². The number of aromatic hydroxyl groups is 1. The summed E-state index contributed by atoms with van der Waals surface area (Å²) in [4.78, 5) is 11.9. The van der Waals surface area contributed by atoms with Crippen molar-refractivity contribution in [2.24, 2.45) is 5.73 Å². The van der Waals surface area contributed by atoms with Crippen molar-refractivity contribution in [3.63, 3.8) is 0 Å². The summed E-state index contributed by atoms with van der Waals surface area (Å²) in [5.74, 6) is 0.199. The molecular formula is C13H16N4O2. The van der Waals surface area contributed by atoms with Crippen molar-refractivity contribution in [3.8, 4) is 5.75 Å². The van der Waals surface area contributed by atoms with Gasteiger partial charge in [0.15, 0.2) is 0 Å². The minimum Gasteiger partial charge on any atom is -0.508 e. The number of phenolic OH excluding ortho intramolecular Hbond substituents is 1. The molecule has 0 fully saturated rings. The molecule has 2 aromatic rings. The second-order valence-electron chi connectivity index (χ2n) is 4.12. The Labute approximate surface area is 110 Å². The van der Waals surface area contributed by atoms with Gasteiger partial charge in [-0.3, -0.25) is 4.79 Å². The number of benzene rings is 1. The predicted octanol–water partition coefficient (Wildman–Crippen LogP) is 0.368. The summed E-state index contributed by atoms with van der Waals surface area (Å²) in [6.45, 7) is 1.47. The number of nitrogens with two attached hydrogens (primary N) is 1. The third-order valence-corrected chi connectivity index (χ3v) is 2.61. The first kappa shape index (κ1) is 13.1. The smallest absolute Gasteiger partial charge is 0.269 e. The largest absolute Gasteiger partial charge is 0.508 e. The van der Waals surface area contributed by atoms with E-state index in [0.717, 1.165) is 5.56 Å². The molecule has 0 amide bonds. The summed E-state index contributed by atoms with van der Waals surface area (Å²) in [6.07, 6.45) is 1.59. The highest BCUT2D eigenvalue weighted by Gasteiger charge is 2.01. The first-order valence-electron chi connectivity index (χ1n) is 5.98. The van der Waals surface area contributed by atoms with Crippen LogP contribution >= 0.6 is 0 Å². The second kappa shape index (κ2) is 6.01. The first-order valence-corrected chi connectivity index (χ1v) is 5.98. The Hall–Kier alpha value is -2.34. The van der Waals surface area contributed by atoms with Crippen molar-refractivity contribution in [2.45, 2.75) is 6.54 Å². The van der Waals surface area contributed by atoms with Gasteiger partial charge >= 0.3 is 0 Å². The van der Waals surface area contributed by atoms with Crippen LogP contribution in [0, 0.1) is 0 Å². The van der Waals surface area contributed by atoms with Gasteiger partial charge in [0.25, 0.3) is 5.56 Å². The summed E-state index contributed by atoms with van der Waals surface area (Å²) < 4.78 is 1.36. The van der Waals surface area contributed by atoms with Crippen LogP contribution in [0.2, 0.25) is 0 Å². The molecule has 2 rings (SSSR count). The monoisotopic (exact) mass is 260 g/mol. The Morgan fingerprint density at radius 1 is 1.32 bits per heavy atom. The molecular weight excluding hydrogens is 244 g/mol. The van der Waals surface area contributed by atoms with E-state index in [0.29, 0.717) is 25.3 Å². The van der Waals surface area contributed by atoms with Gasteiger partial charge in [-0.2, -0.15) is 5.10 Å². The van der Waals surface area contributed by atoms with Crippen molar-refractivity contribution in [2.75, 3.05) is 18.4 Å². The molecule has 0 saturated carbocycles. The van der Waals surface area contributed by atoms with Crippen LogP contribution in [0.25, 0.3) is 0 Å². The maximum atomic E-state index is 11.9. The Balaban J connectivity index is 2.13. The van der Waals surface area contributed by atoms with Gasteiger partial charge in [-0.1, -0.05) is 12.1 Å². The highest BCUT2D eigenvalue weighted by molar-refractivity contribution is 5.38. The number of rotatable bonds is 5. The SMILES string of the molecule is NCCNc1cnn(Cc2ccc(O)cc2)c(=O)c1. The molecule has 6 heteroatoms. The molecule has 0 radical (unpaired) electrons. The first-order chi connectivity index (χ1) is 9.19. The van der Waals surface area contributed by atoms with Crippen LogP contribution in [-0.2, 0) is 6.54 Å². The van der Waals surface area contributed by atoms with E-state index >= 15 is 0 Å². The van der Waals surface area contributed by atoms with E-state index in [-0.39, 0.29) is 11.3 Å². The van der Waals surface area contributed by atoms with E-state index in [1.807, 2.05) is 0 Å². The van der Waals surface area contributed by atoms with Crippen LogP contribution in [0.1, 0.15) is 5.56 Å². The third kappa shape index (κ3) is 3.56. The highest BCUT2D eigenvalue weighted by atomic mass is 16.3. The predicted molar refractivity (Wildman–Crippen MR) is 73.2 cm³/mol. The number of nitrogens with zero attached hydrogens (tertiary/aromatic N) is 2. The van der Waals surface area contributed by atoms with Crippen LogP contribution in [-0.4, -0.2) is 28.0 Å². The summed E-state index contributed by atoms with van der Waals surface area (Å²) in [5.41, 5.74) is 6.75. The molecule has 100 valence electrons. The van der Waals surface area contributed by atoms with Gasteiger partial charge in [0.05, 0.1) is 18.4 Å². The fourth-order valence-corrected chi connectivity index (χ4v) is 1.64. The van der Waals surface area contributed by atoms with E-state index in [1.54, 1.807) is 30.5 Å². The van der Waals surface area contributed by atoms with Gasteiger partial charge in [0, 0.05) is 19.2 Å². The lowest BCUT2D eigenvalue weighted by Crippen LogP contribution is -2.24. The van der Waals surface area contributed by atoms with E-state index in [4.69, 9.17) is 5.73 Å². The number of hydrogen-bond acceptors (Lipinski definition) is 5. The Morgan fingerprint density at radius 2 is 2.05 bits per heavy atom. The average molecular weight is 260 g/mol. The Kier molecular flexibility index (Phi) is 4.15. The van der Waals surface area contributed by atoms with Gasteiger partial charge < -0.3 is 16.2 Å². The third-order valence-electron chi connectivity index (χ3n) is 2.61. The van der Waals surface area contributed by atoms with Gasteiger partial charge in [0.2, 0.25) is 0 Å². The quantitative estimate of drug-likeness (QED) is 0.722. The Morgan fingerprint density at radius 3 is 2.68 bits per heavy atom. The second-order valence-corrected chi connectivity index (χ2v) is 4.12. The molecule has 19 heavy (non-hydrogen) atoms. The molecule has 0 unspecified atom stereocenters. The van der Waals surface area contributed by atoms with Crippen LogP contribution in [0.4, 0.5) is 5.69 Å². The minimum absolute atomic E-state index is 0.185. The lowest BCUT2D eigenvalue weighted by atomic mass is 10.2. The molecule has 0 saturated heterocycles. The molecule has 1 heterocycles. The van der Waals surface area contributed by atoms with E-state index in [9.17, 15) is 9.90 Å². The van der Waals surface area contributed by atoms with Gasteiger partial charge in [-0.15, -0.1) is 0 Å². The maximum absolute atomic E-state index is 11.9. The zero-order valence-corrected chi connectivity index (χ0v) is 10.4. The minimum atomic E-state index is -0.185. The standard InChI is InChI=1S/C13H16N4O2/c14-5-6-15-11-7-13(19)17(16-8-11)9-10-1-3-12(18)4-2-10/h1-4,7-8,15,18H,5-6,9,14H2. The van der Waals surface area contributed by atoms with E-state index in [2.05, 4.69) is 10.4 Å².